The SMILES string of the molecule is CC.[B]C1(C)C=Cc2c3c(c4ccccc4c2O1)C(=C)OC3=O. The summed E-state index contributed by atoms with van der Waals surface area (Å²) >= 11 is 0. The molecule has 1 unspecified atom stereocenters. The van der Waals surface area contributed by atoms with Crippen LogP contribution in [0.2, 0.25) is 0 Å². The molecule has 2 aromatic rings. The van der Waals surface area contributed by atoms with Crippen molar-refractivity contribution in [3.63, 3.8) is 0 Å². The van der Waals surface area contributed by atoms with Crippen LogP contribution in [0.5, 0.6) is 5.75 Å². The van der Waals surface area contributed by atoms with Crippen molar-refractivity contribution in [1.82, 2.24) is 0 Å². The predicted octanol–water partition coefficient (Wildman–Crippen LogP) is 4.30. The third-order valence-corrected chi connectivity index (χ3v) is 3.81. The zero-order chi connectivity index (χ0) is 16.8. The second-order valence-electron chi connectivity index (χ2n) is 5.47. The Balaban J connectivity index is 0.000000753. The molecule has 0 amide bonds. The maximum absolute atomic E-state index is 12.1. The van der Waals surface area contributed by atoms with Crippen LogP contribution in [0.25, 0.3) is 22.6 Å². The molecule has 4 heteroatoms. The lowest BCUT2D eigenvalue weighted by atomic mass is 9.80. The first-order chi connectivity index (χ1) is 11.0. The number of ether oxygens (including phenoxy) is 2. The van der Waals surface area contributed by atoms with Gasteiger partial charge in [-0.15, -0.1) is 0 Å². The van der Waals surface area contributed by atoms with Gasteiger partial charge in [-0.3, -0.25) is 0 Å². The van der Waals surface area contributed by atoms with E-state index in [1.54, 1.807) is 13.0 Å². The van der Waals surface area contributed by atoms with Gasteiger partial charge in [-0.25, -0.2) is 4.79 Å². The number of carbonyl (C=O) groups is 1. The predicted molar refractivity (Wildman–Crippen MR) is 93.6 cm³/mol. The first kappa shape index (κ1) is 15.4. The van der Waals surface area contributed by atoms with Crippen molar-refractivity contribution in [3.8, 4) is 5.75 Å². The molecule has 2 radical (unpaired) electrons. The van der Waals surface area contributed by atoms with Crippen LogP contribution in [-0.2, 0) is 4.74 Å². The molecule has 0 bridgehead atoms. The average Bonchev–Trinajstić information content (AvgIpc) is 2.84. The Labute approximate surface area is 137 Å². The van der Waals surface area contributed by atoms with Crippen molar-refractivity contribution in [2.45, 2.75) is 26.3 Å². The molecule has 3 nitrogen and oxygen atoms in total. The molecule has 2 aromatic carbocycles. The molecule has 0 aromatic heterocycles. The van der Waals surface area contributed by atoms with Gasteiger partial charge >= 0.3 is 5.97 Å². The van der Waals surface area contributed by atoms with Crippen LogP contribution in [0.15, 0.2) is 36.9 Å². The highest BCUT2D eigenvalue weighted by Crippen LogP contribution is 2.46. The van der Waals surface area contributed by atoms with Gasteiger partial charge in [0.05, 0.1) is 11.1 Å². The van der Waals surface area contributed by atoms with E-state index >= 15 is 0 Å². The number of hydrogen-bond acceptors (Lipinski definition) is 3. The normalized spacial score (nSPS) is 21.0. The highest BCUT2D eigenvalue weighted by Gasteiger charge is 2.35. The molecule has 4 rings (SSSR count). The summed E-state index contributed by atoms with van der Waals surface area (Å²) in [4.78, 5) is 12.1. The van der Waals surface area contributed by atoms with Crippen molar-refractivity contribution in [1.29, 1.82) is 0 Å². The maximum atomic E-state index is 12.1. The van der Waals surface area contributed by atoms with E-state index in [9.17, 15) is 4.79 Å². The molecule has 0 N–H and O–H groups in total. The first-order valence-corrected chi connectivity index (χ1v) is 7.65. The summed E-state index contributed by atoms with van der Waals surface area (Å²) in [5.41, 5.74) is 1.04. The smallest absolute Gasteiger partial charge is 0.345 e. The first-order valence-electron chi connectivity index (χ1n) is 7.65. The molecule has 114 valence electrons. The van der Waals surface area contributed by atoms with Gasteiger partial charge in [-0.1, -0.05) is 56.8 Å². The van der Waals surface area contributed by atoms with Crippen molar-refractivity contribution in [2.75, 3.05) is 0 Å². The maximum Gasteiger partial charge on any atom is 0.345 e. The van der Waals surface area contributed by atoms with E-state index < -0.39 is 11.5 Å². The lowest BCUT2D eigenvalue weighted by Crippen LogP contribution is -2.32. The van der Waals surface area contributed by atoms with E-state index in [2.05, 4.69) is 6.58 Å². The van der Waals surface area contributed by atoms with E-state index in [-0.39, 0.29) is 0 Å². The molecule has 0 aliphatic carbocycles. The van der Waals surface area contributed by atoms with Crippen LogP contribution in [-0.4, -0.2) is 19.3 Å². The lowest BCUT2D eigenvalue weighted by Gasteiger charge is -2.30. The van der Waals surface area contributed by atoms with Crippen LogP contribution in [0, 0.1) is 0 Å². The Hall–Kier alpha value is -2.49. The fourth-order valence-electron chi connectivity index (χ4n) is 2.91. The van der Waals surface area contributed by atoms with E-state index in [0.717, 1.165) is 16.3 Å². The van der Waals surface area contributed by atoms with Crippen molar-refractivity contribution >= 4 is 36.4 Å². The molecular formula is C19H17BO3. The van der Waals surface area contributed by atoms with Gasteiger partial charge < -0.3 is 9.47 Å². The zero-order valence-electron chi connectivity index (χ0n) is 13.5. The summed E-state index contributed by atoms with van der Waals surface area (Å²) in [6.07, 6.45) is 3.56. The number of esters is 1. The summed E-state index contributed by atoms with van der Waals surface area (Å²) in [5, 5.41) is 1.78. The van der Waals surface area contributed by atoms with E-state index in [1.165, 1.54) is 0 Å². The molecule has 0 spiro atoms. The monoisotopic (exact) mass is 304 g/mol. The molecule has 2 heterocycles. The summed E-state index contributed by atoms with van der Waals surface area (Å²) in [6, 6.07) is 7.70. The number of benzene rings is 2. The molecule has 2 aliphatic heterocycles. The summed E-state index contributed by atoms with van der Waals surface area (Å²) < 4.78 is 11.1. The van der Waals surface area contributed by atoms with Gasteiger partial charge in [0.2, 0.25) is 0 Å². The lowest BCUT2D eigenvalue weighted by molar-refractivity contribution is 0.0715. The van der Waals surface area contributed by atoms with E-state index in [4.69, 9.17) is 17.3 Å². The summed E-state index contributed by atoms with van der Waals surface area (Å²) in [5.74, 6) is 0.595. The highest BCUT2D eigenvalue weighted by atomic mass is 16.5. The topological polar surface area (TPSA) is 35.5 Å². The van der Waals surface area contributed by atoms with Gasteiger partial charge in [0, 0.05) is 16.5 Å². The molecule has 1 atom stereocenters. The van der Waals surface area contributed by atoms with Crippen LogP contribution >= 0.6 is 0 Å². The number of carbonyl (C=O) groups excluding carboxylic acids is 1. The van der Waals surface area contributed by atoms with Crippen LogP contribution in [0.1, 0.15) is 42.3 Å². The third-order valence-electron chi connectivity index (χ3n) is 3.81. The van der Waals surface area contributed by atoms with Gasteiger partial charge in [0.15, 0.2) is 0 Å². The van der Waals surface area contributed by atoms with Gasteiger partial charge in [-0.2, -0.15) is 0 Å². The van der Waals surface area contributed by atoms with E-state index in [0.29, 0.717) is 22.6 Å². The van der Waals surface area contributed by atoms with E-state index in [1.807, 2.05) is 44.2 Å². The third kappa shape index (κ3) is 2.26. The molecular weight excluding hydrogens is 287 g/mol. The summed E-state index contributed by atoms with van der Waals surface area (Å²) in [7, 11) is 6.05. The Kier molecular flexibility index (Phi) is 3.55. The number of fused-ring (bicyclic) bond motifs is 6. The second-order valence-corrected chi connectivity index (χ2v) is 5.47. The van der Waals surface area contributed by atoms with Gasteiger partial charge in [0.1, 0.15) is 19.4 Å². The number of hydrogen-bond donors (Lipinski definition) is 0. The minimum Gasteiger partial charge on any atom is -0.492 e. The van der Waals surface area contributed by atoms with Gasteiger partial charge in [-0.05, 0) is 12.3 Å². The quantitative estimate of drug-likeness (QED) is 0.538. The molecule has 0 fully saturated rings. The Morgan fingerprint density at radius 2 is 1.78 bits per heavy atom. The minimum absolute atomic E-state index is 0.378. The number of cyclic esters (lactones) is 1. The highest BCUT2D eigenvalue weighted by molar-refractivity contribution is 6.19. The average molecular weight is 304 g/mol. The van der Waals surface area contributed by atoms with Gasteiger partial charge in [0.25, 0.3) is 0 Å². The van der Waals surface area contributed by atoms with Crippen LogP contribution in [0.3, 0.4) is 0 Å². The zero-order valence-corrected chi connectivity index (χ0v) is 13.5. The van der Waals surface area contributed by atoms with Crippen LogP contribution < -0.4 is 4.74 Å². The fourth-order valence-corrected chi connectivity index (χ4v) is 2.91. The van der Waals surface area contributed by atoms with Crippen molar-refractivity contribution in [3.05, 3.63) is 53.6 Å². The Morgan fingerprint density at radius 3 is 2.48 bits per heavy atom. The largest absolute Gasteiger partial charge is 0.492 e. The minimum atomic E-state index is -0.899. The molecule has 0 saturated carbocycles. The second kappa shape index (κ2) is 5.30. The fraction of sp³-hybridized carbons (Fsp3) is 0.211. The standard InChI is InChI=1S/C17H11BO3.C2H6/c1-9-13-10-5-3-4-6-11(10)15-12(14(13)16(19)20-9)7-8-17(2,18)21-15;1-2/h3-8H,1H2,2H3;1-2H3. The van der Waals surface area contributed by atoms with Crippen LogP contribution in [0.4, 0.5) is 0 Å². The molecule has 23 heavy (non-hydrogen) atoms. The number of rotatable bonds is 0. The molecule has 0 saturated heterocycles. The van der Waals surface area contributed by atoms with Crippen molar-refractivity contribution in [2.24, 2.45) is 0 Å². The summed E-state index contributed by atoms with van der Waals surface area (Å²) in [6.45, 7) is 9.61. The Morgan fingerprint density at radius 1 is 1.13 bits per heavy atom. The van der Waals surface area contributed by atoms with Crippen molar-refractivity contribution < 1.29 is 14.3 Å². The Bertz CT molecular complexity index is 863. The molecule has 2 aliphatic rings.